The molecule has 0 bridgehead atoms. The summed E-state index contributed by atoms with van der Waals surface area (Å²) in [6.07, 6.45) is 10.7. The van der Waals surface area contributed by atoms with Crippen LogP contribution in [-0.2, 0) is 0 Å². The topological polar surface area (TPSA) is 17.1 Å². The van der Waals surface area contributed by atoms with Crippen molar-refractivity contribution < 1.29 is 4.79 Å². The zero-order valence-corrected chi connectivity index (χ0v) is 12.7. The van der Waals surface area contributed by atoms with Gasteiger partial charge in [-0.15, -0.1) is 0 Å². The minimum Gasteiger partial charge on any atom is -0.289 e. The maximum atomic E-state index is 12.9. The molecule has 110 valence electrons. The molecule has 0 spiro atoms. The van der Waals surface area contributed by atoms with Crippen molar-refractivity contribution in [3.8, 4) is 0 Å². The molecule has 0 radical (unpaired) electrons. The monoisotopic (exact) mass is 296 g/mol. The summed E-state index contributed by atoms with van der Waals surface area (Å²) in [5.41, 5.74) is 1.96. The summed E-state index contributed by atoms with van der Waals surface area (Å²) in [4.78, 5) is 12.9. The second-order valence-electron chi connectivity index (χ2n) is 5.77. The molecule has 0 amide bonds. The average Bonchev–Trinajstić information content (AvgIpc) is 3.11. The Kier molecular flexibility index (Phi) is 3.39. The molecule has 0 fully saturated rings. The molecule has 1 aliphatic rings. The van der Waals surface area contributed by atoms with Crippen molar-refractivity contribution in [3.05, 3.63) is 96.1 Å². The van der Waals surface area contributed by atoms with Crippen molar-refractivity contribution in [2.45, 2.75) is 6.42 Å². The van der Waals surface area contributed by atoms with Crippen molar-refractivity contribution in [3.63, 3.8) is 0 Å². The molecule has 3 aromatic rings. The molecule has 0 unspecified atom stereocenters. The SMILES string of the molecule is O=C(/C=C/C1=CC=CC1)c1c2ccccc2cc2ccccc12. The summed E-state index contributed by atoms with van der Waals surface area (Å²) in [5, 5.41) is 4.23. The van der Waals surface area contributed by atoms with Gasteiger partial charge >= 0.3 is 0 Å². The van der Waals surface area contributed by atoms with Gasteiger partial charge in [-0.05, 0) is 45.7 Å². The van der Waals surface area contributed by atoms with E-state index in [0.29, 0.717) is 0 Å². The van der Waals surface area contributed by atoms with Crippen molar-refractivity contribution in [1.29, 1.82) is 0 Å². The lowest BCUT2D eigenvalue weighted by atomic mass is 9.94. The quantitative estimate of drug-likeness (QED) is 0.348. The highest BCUT2D eigenvalue weighted by Crippen LogP contribution is 2.29. The molecule has 0 heterocycles. The highest BCUT2D eigenvalue weighted by Gasteiger charge is 2.12. The summed E-state index contributed by atoms with van der Waals surface area (Å²) < 4.78 is 0. The van der Waals surface area contributed by atoms with Crippen LogP contribution in [0.5, 0.6) is 0 Å². The summed E-state index contributed by atoms with van der Waals surface area (Å²) in [6.45, 7) is 0. The van der Waals surface area contributed by atoms with Gasteiger partial charge in [-0.1, -0.05) is 72.8 Å². The Labute approximate surface area is 135 Å². The summed E-state index contributed by atoms with van der Waals surface area (Å²) in [6, 6.07) is 18.3. The van der Waals surface area contributed by atoms with E-state index in [9.17, 15) is 4.79 Å². The van der Waals surface area contributed by atoms with E-state index in [1.54, 1.807) is 6.08 Å². The standard InChI is InChI=1S/C22H16O/c23-21(14-13-16-7-1-2-8-16)22-19-11-5-3-9-17(19)15-18-10-4-6-12-20(18)22/h1-7,9-15H,8H2/b14-13+. The second kappa shape index (κ2) is 5.69. The lowest BCUT2D eigenvalue weighted by Gasteiger charge is -2.09. The van der Waals surface area contributed by atoms with Gasteiger partial charge < -0.3 is 0 Å². The Bertz CT molecular complexity index is 949. The van der Waals surface area contributed by atoms with Gasteiger partial charge in [-0.3, -0.25) is 4.79 Å². The zero-order valence-electron chi connectivity index (χ0n) is 12.7. The maximum Gasteiger partial charge on any atom is 0.187 e. The van der Waals surface area contributed by atoms with Crippen LogP contribution in [0.2, 0.25) is 0 Å². The van der Waals surface area contributed by atoms with Gasteiger partial charge in [0, 0.05) is 5.56 Å². The van der Waals surface area contributed by atoms with Crippen LogP contribution in [0.25, 0.3) is 21.5 Å². The van der Waals surface area contributed by atoms with Gasteiger partial charge in [0.25, 0.3) is 0 Å². The fourth-order valence-corrected chi connectivity index (χ4v) is 3.13. The number of hydrogen-bond donors (Lipinski definition) is 0. The molecule has 0 saturated carbocycles. The zero-order chi connectivity index (χ0) is 15.6. The fourth-order valence-electron chi connectivity index (χ4n) is 3.13. The van der Waals surface area contributed by atoms with Crippen LogP contribution in [0.1, 0.15) is 16.8 Å². The number of ketones is 1. The van der Waals surface area contributed by atoms with Gasteiger partial charge in [-0.2, -0.15) is 0 Å². The number of carbonyl (C=O) groups is 1. The maximum absolute atomic E-state index is 12.9. The predicted octanol–water partition coefficient (Wildman–Crippen LogP) is 5.62. The number of rotatable bonds is 3. The van der Waals surface area contributed by atoms with Crippen LogP contribution in [0.15, 0.2) is 90.6 Å². The first kappa shape index (κ1) is 13.7. The second-order valence-corrected chi connectivity index (χ2v) is 5.77. The summed E-state index contributed by atoms with van der Waals surface area (Å²) >= 11 is 0. The number of fused-ring (bicyclic) bond motifs is 2. The van der Waals surface area contributed by atoms with Crippen LogP contribution in [0.3, 0.4) is 0 Å². The van der Waals surface area contributed by atoms with Gasteiger partial charge in [0.05, 0.1) is 0 Å². The minimum absolute atomic E-state index is 0.0609. The van der Waals surface area contributed by atoms with Crippen molar-refractivity contribution in [2.75, 3.05) is 0 Å². The van der Waals surface area contributed by atoms with Crippen molar-refractivity contribution in [1.82, 2.24) is 0 Å². The highest BCUT2D eigenvalue weighted by molar-refractivity contribution is 6.22. The fraction of sp³-hybridized carbons (Fsp3) is 0.0455. The average molecular weight is 296 g/mol. The molecule has 0 atom stereocenters. The molecule has 3 aromatic carbocycles. The van der Waals surface area contributed by atoms with Crippen molar-refractivity contribution in [2.24, 2.45) is 0 Å². The van der Waals surface area contributed by atoms with Crippen LogP contribution < -0.4 is 0 Å². The van der Waals surface area contributed by atoms with E-state index in [1.807, 2.05) is 54.6 Å². The van der Waals surface area contributed by atoms with Gasteiger partial charge in [0.1, 0.15) is 0 Å². The molecular weight excluding hydrogens is 280 g/mol. The van der Waals surface area contributed by atoms with Gasteiger partial charge in [0.15, 0.2) is 5.78 Å². The van der Waals surface area contributed by atoms with Gasteiger partial charge in [-0.25, -0.2) is 0 Å². The lowest BCUT2D eigenvalue weighted by molar-refractivity contribution is 0.104. The van der Waals surface area contributed by atoms with E-state index in [0.717, 1.165) is 33.5 Å². The number of benzene rings is 3. The Morgan fingerprint density at radius 1 is 0.913 bits per heavy atom. The normalized spacial score (nSPS) is 14.0. The van der Waals surface area contributed by atoms with E-state index in [2.05, 4.69) is 24.3 Å². The third-order valence-electron chi connectivity index (χ3n) is 4.27. The highest BCUT2D eigenvalue weighted by atomic mass is 16.1. The van der Waals surface area contributed by atoms with E-state index in [1.165, 1.54) is 5.57 Å². The Balaban J connectivity index is 1.90. The molecule has 0 N–H and O–H groups in total. The molecule has 0 aliphatic heterocycles. The first-order chi connectivity index (χ1) is 11.3. The minimum atomic E-state index is 0.0609. The first-order valence-electron chi connectivity index (χ1n) is 7.81. The molecule has 23 heavy (non-hydrogen) atoms. The Morgan fingerprint density at radius 2 is 1.57 bits per heavy atom. The molecule has 4 rings (SSSR count). The van der Waals surface area contributed by atoms with Crippen LogP contribution >= 0.6 is 0 Å². The Hall–Kier alpha value is -2.93. The third kappa shape index (κ3) is 2.51. The third-order valence-corrected chi connectivity index (χ3v) is 4.27. The van der Waals surface area contributed by atoms with Crippen LogP contribution in [0, 0.1) is 0 Å². The van der Waals surface area contributed by atoms with Gasteiger partial charge in [0.2, 0.25) is 0 Å². The first-order valence-corrected chi connectivity index (χ1v) is 7.81. The van der Waals surface area contributed by atoms with E-state index in [4.69, 9.17) is 0 Å². The molecule has 0 aromatic heterocycles. The molecule has 1 heteroatoms. The molecule has 1 aliphatic carbocycles. The molecule has 0 saturated heterocycles. The van der Waals surface area contributed by atoms with Crippen LogP contribution in [-0.4, -0.2) is 5.78 Å². The summed E-state index contributed by atoms with van der Waals surface area (Å²) in [7, 11) is 0. The Morgan fingerprint density at radius 3 is 2.17 bits per heavy atom. The largest absolute Gasteiger partial charge is 0.289 e. The number of allylic oxidation sites excluding steroid dienone is 6. The molecular formula is C22H16O. The van der Waals surface area contributed by atoms with Crippen molar-refractivity contribution >= 4 is 27.3 Å². The smallest absolute Gasteiger partial charge is 0.187 e. The number of hydrogen-bond acceptors (Lipinski definition) is 1. The van der Waals surface area contributed by atoms with E-state index < -0.39 is 0 Å². The summed E-state index contributed by atoms with van der Waals surface area (Å²) in [5.74, 6) is 0.0609. The number of carbonyl (C=O) groups excluding carboxylic acids is 1. The predicted molar refractivity (Wildman–Crippen MR) is 96.8 cm³/mol. The lowest BCUT2D eigenvalue weighted by Crippen LogP contribution is -1.98. The molecule has 1 nitrogen and oxygen atoms in total. The van der Waals surface area contributed by atoms with E-state index in [-0.39, 0.29) is 5.78 Å². The van der Waals surface area contributed by atoms with Crippen LogP contribution in [0.4, 0.5) is 0 Å². The van der Waals surface area contributed by atoms with E-state index >= 15 is 0 Å².